The molecule has 0 bridgehead atoms. The standard InChI is InChI=1S/C26H35N3O8S/c1-16-23(36-19-8-9-29(25(30)31)22(12-19)26(2,3)4)27-15-28-24(16)37-20-7-6-17(11-21(20)33-5)10-18-13-34-38(32)35-14-18/h6-7,11,15,18-19,22H,8-10,12-14H2,1-5H3,(H,30,31)/t18?,19-,22+,38?/m1/s1. The van der Waals surface area contributed by atoms with Crippen LogP contribution in [0.25, 0.3) is 0 Å². The normalized spacial score (nSPS) is 24.1. The van der Waals surface area contributed by atoms with E-state index in [1.807, 2.05) is 45.9 Å². The number of aromatic nitrogens is 2. The maximum absolute atomic E-state index is 11.7. The summed E-state index contributed by atoms with van der Waals surface area (Å²) >= 11 is -1.66. The summed E-state index contributed by atoms with van der Waals surface area (Å²) in [6.45, 7) is 9.06. The second-order valence-corrected chi connectivity index (χ2v) is 11.5. The van der Waals surface area contributed by atoms with E-state index in [2.05, 4.69) is 9.97 Å². The van der Waals surface area contributed by atoms with Crippen LogP contribution in [0.3, 0.4) is 0 Å². The second kappa shape index (κ2) is 11.8. The van der Waals surface area contributed by atoms with Crippen molar-refractivity contribution in [2.45, 2.75) is 59.1 Å². The van der Waals surface area contributed by atoms with Gasteiger partial charge in [0, 0.05) is 31.3 Å². The maximum Gasteiger partial charge on any atom is 0.407 e. The molecule has 2 aliphatic heterocycles. The predicted octanol–water partition coefficient (Wildman–Crippen LogP) is 4.31. The molecule has 0 saturated carbocycles. The van der Waals surface area contributed by atoms with E-state index < -0.39 is 17.5 Å². The average molecular weight is 550 g/mol. The van der Waals surface area contributed by atoms with Crippen molar-refractivity contribution < 1.29 is 36.7 Å². The van der Waals surface area contributed by atoms with Crippen molar-refractivity contribution in [1.82, 2.24) is 14.9 Å². The van der Waals surface area contributed by atoms with Crippen LogP contribution in [0.15, 0.2) is 24.5 Å². The first-order valence-corrected chi connectivity index (χ1v) is 13.6. The summed E-state index contributed by atoms with van der Waals surface area (Å²) in [7, 11) is 1.57. The summed E-state index contributed by atoms with van der Waals surface area (Å²) in [5, 5.41) is 9.64. The molecule has 11 nitrogen and oxygen atoms in total. The van der Waals surface area contributed by atoms with Crippen molar-refractivity contribution in [3.63, 3.8) is 0 Å². The molecule has 0 unspecified atom stereocenters. The Morgan fingerprint density at radius 1 is 1.18 bits per heavy atom. The zero-order valence-electron chi connectivity index (χ0n) is 22.3. The number of nitrogens with zero attached hydrogens (tertiary/aromatic N) is 3. The molecule has 0 radical (unpaired) electrons. The monoisotopic (exact) mass is 549 g/mol. The van der Waals surface area contributed by atoms with E-state index in [-0.39, 0.29) is 23.5 Å². The molecule has 2 aromatic rings. The van der Waals surface area contributed by atoms with Crippen LogP contribution in [-0.4, -0.2) is 69.3 Å². The molecule has 0 spiro atoms. The third-order valence-electron chi connectivity index (χ3n) is 6.83. The van der Waals surface area contributed by atoms with Gasteiger partial charge in [0.2, 0.25) is 11.8 Å². The summed E-state index contributed by atoms with van der Waals surface area (Å²) in [6.07, 6.45) is 2.11. The first-order valence-electron chi connectivity index (χ1n) is 12.6. The molecule has 3 heterocycles. The van der Waals surface area contributed by atoms with E-state index in [4.69, 9.17) is 22.6 Å². The highest BCUT2D eigenvalue weighted by Crippen LogP contribution is 2.37. The number of piperidine rings is 1. The third-order valence-corrected chi connectivity index (χ3v) is 7.49. The van der Waals surface area contributed by atoms with Crippen LogP contribution in [0.2, 0.25) is 0 Å². The molecule has 208 valence electrons. The molecule has 4 rings (SSSR count). The highest BCUT2D eigenvalue weighted by molar-refractivity contribution is 7.75. The molecule has 2 atom stereocenters. The van der Waals surface area contributed by atoms with Gasteiger partial charge >= 0.3 is 17.5 Å². The van der Waals surface area contributed by atoms with Gasteiger partial charge in [-0.2, -0.15) is 4.21 Å². The van der Waals surface area contributed by atoms with Gasteiger partial charge in [0.25, 0.3) is 0 Å². The van der Waals surface area contributed by atoms with E-state index in [0.29, 0.717) is 67.8 Å². The van der Waals surface area contributed by atoms with Crippen molar-refractivity contribution in [3.8, 4) is 23.3 Å². The van der Waals surface area contributed by atoms with Crippen molar-refractivity contribution in [1.29, 1.82) is 0 Å². The summed E-state index contributed by atoms with van der Waals surface area (Å²) in [5.41, 5.74) is 1.41. The van der Waals surface area contributed by atoms with E-state index in [0.717, 1.165) is 5.56 Å². The molecule has 2 saturated heterocycles. The average Bonchev–Trinajstić information content (AvgIpc) is 2.88. The minimum atomic E-state index is -1.66. The summed E-state index contributed by atoms with van der Waals surface area (Å²) in [5.74, 6) is 1.87. The zero-order chi connectivity index (χ0) is 27.4. The fourth-order valence-corrected chi connectivity index (χ4v) is 5.43. The minimum absolute atomic E-state index is 0.0910. The molecule has 1 amide bonds. The Hall–Kier alpha value is -2.96. The fraction of sp³-hybridized carbons (Fsp3) is 0.577. The largest absolute Gasteiger partial charge is 0.493 e. The lowest BCUT2D eigenvalue weighted by molar-refractivity contribution is 0.0113. The van der Waals surface area contributed by atoms with Gasteiger partial charge in [-0.3, -0.25) is 8.37 Å². The fourth-order valence-electron chi connectivity index (χ4n) is 4.75. The lowest BCUT2D eigenvalue weighted by Gasteiger charge is -2.44. The number of ether oxygens (including phenoxy) is 3. The van der Waals surface area contributed by atoms with Gasteiger partial charge in [0.05, 0.1) is 25.9 Å². The van der Waals surface area contributed by atoms with Crippen LogP contribution in [0, 0.1) is 18.3 Å². The topological polar surface area (TPSA) is 130 Å². The molecule has 1 aromatic heterocycles. The van der Waals surface area contributed by atoms with Crippen molar-refractivity contribution >= 4 is 17.5 Å². The van der Waals surface area contributed by atoms with Crippen molar-refractivity contribution in [2.75, 3.05) is 26.9 Å². The molecule has 1 aromatic carbocycles. The lowest BCUT2D eigenvalue weighted by Crippen LogP contribution is -2.53. The van der Waals surface area contributed by atoms with Crippen LogP contribution in [0.4, 0.5) is 4.79 Å². The highest BCUT2D eigenvalue weighted by atomic mass is 32.2. The van der Waals surface area contributed by atoms with Gasteiger partial charge in [0.1, 0.15) is 12.4 Å². The molecule has 2 aliphatic rings. The van der Waals surface area contributed by atoms with E-state index in [1.54, 1.807) is 7.11 Å². The summed E-state index contributed by atoms with van der Waals surface area (Å²) in [6, 6.07) is 5.46. The first kappa shape index (κ1) is 28.1. The van der Waals surface area contributed by atoms with Crippen LogP contribution in [0.1, 0.15) is 44.7 Å². The SMILES string of the molecule is COc1cc(CC2COS(=O)OC2)ccc1Oc1ncnc(O[C@@H]2CCN(C(=O)O)[C@H](C(C)(C)C)C2)c1C. The van der Waals surface area contributed by atoms with Gasteiger partial charge in [-0.1, -0.05) is 26.8 Å². The van der Waals surface area contributed by atoms with Gasteiger partial charge in [-0.25, -0.2) is 14.8 Å². The third kappa shape index (κ3) is 6.72. The molecule has 2 fully saturated rings. The molecular weight excluding hydrogens is 514 g/mol. The summed E-state index contributed by atoms with van der Waals surface area (Å²) in [4.78, 5) is 21.9. The Labute approximate surface area is 225 Å². The van der Waals surface area contributed by atoms with Gasteiger partial charge < -0.3 is 24.2 Å². The van der Waals surface area contributed by atoms with Crippen molar-refractivity contribution in [2.24, 2.45) is 11.3 Å². The Bertz CT molecular complexity index is 1160. The van der Waals surface area contributed by atoms with Crippen LogP contribution in [0.5, 0.6) is 23.3 Å². The van der Waals surface area contributed by atoms with Gasteiger partial charge in [-0.15, -0.1) is 0 Å². The highest BCUT2D eigenvalue weighted by Gasteiger charge is 2.39. The molecule has 38 heavy (non-hydrogen) atoms. The quantitative estimate of drug-likeness (QED) is 0.533. The summed E-state index contributed by atoms with van der Waals surface area (Å²) < 4.78 is 39.3. The number of amides is 1. The number of carbonyl (C=O) groups is 1. The lowest BCUT2D eigenvalue weighted by atomic mass is 9.80. The Morgan fingerprint density at radius 2 is 1.89 bits per heavy atom. The smallest absolute Gasteiger partial charge is 0.407 e. The van der Waals surface area contributed by atoms with Gasteiger partial charge in [-0.05, 0) is 36.5 Å². The number of methoxy groups -OCH3 is 1. The number of likely N-dealkylation sites (tertiary alicyclic amines) is 1. The molecular formula is C26H35N3O8S. The van der Waals surface area contributed by atoms with Crippen LogP contribution < -0.4 is 14.2 Å². The van der Waals surface area contributed by atoms with E-state index >= 15 is 0 Å². The maximum atomic E-state index is 11.7. The Morgan fingerprint density at radius 3 is 2.55 bits per heavy atom. The van der Waals surface area contributed by atoms with Crippen LogP contribution >= 0.6 is 0 Å². The molecule has 0 aliphatic carbocycles. The second-order valence-electron chi connectivity index (χ2n) is 10.7. The number of carboxylic acid groups (broad SMARTS) is 1. The zero-order valence-corrected chi connectivity index (χ0v) is 23.2. The number of benzene rings is 1. The van der Waals surface area contributed by atoms with Crippen LogP contribution in [-0.2, 0) is 26.1 Å². The van der Waals surface area contributed by atoms with Crippen molar-refractivity contribution in [3.05, 3.63) is 35.7 Å². The van der Waals surface area contributed by atoms with E-state index in [9.17, 15) is 14.1 Å². The first-order chi connectivity index (χ1) is 18.0. The molecule has 1 N–H and O–H groups in total. The predicted molar refractivity (Wildman–Crippen MR) is 139 cm³/mol. The molecule has 12 heteroatoms. The number of hydrogen-bond acceptors (Lipinski definition) is 9. The minimum Gasteiger partial charge on any atom is -0.493 e. The Balaban J connectivity index is 1.46. The number of rotatable bonds is 7. The number of hydrogen-bond donors (Lipinski definition) is 1. The Kier molecular flexibility index (Phi) is 8.74. The van der Waals surface area contributed by atoms with E-state index in [1.165, 1.54) is 11.2 Å². The van der Waals surface area contributed by atoms with Gasteiger partial charge in [0.15, 0.2) is 11.5 Å².